The maximum atomic E-state index is 13.6. The highest BCUT2D eigenvalue weighted by Crippen LogP contribution is 2.21. The van der Waals surface area contributed by atoms with E-state index in [2.05, 4.69) is 20.9 Å². The number of hydrogen-bond acceptors (Lipinski definition) is 2. The van der Waals surface area contributed by atoms with Gasteiger partial charge in [-0.3, -0.25) is 9.78 Å². The van der Waals surface area contributed by atoms with Gasteiger partial charge in [-0.25, -0.2) is 4.39 Å². The van der Waals surface area contributed by atoms with E-state index in [0.29, 0.717) is 5.52 Å². The lowest BCUT2D eigenvalue weighted by Crippen LogP contribution is -2.25. The summed E-state index contributed by atoms with van der Waals surface area (Å²) in [4.78, 5) is 17.1. The van der Waals surface area contributed by atoms with Crippen LogP contribution >= 0.6 is 15.9 Å². The summed E-state index contributed by atoms with van der Waals surface area (Å²) < 4.78 is 15.9. The molecule has 0 bridgehead atoms. The molecule has 2 aromatic rings. The van der Waals surface area contributed by atoms with Gasteiger partial charge in [0.2, 0.25) is 5.91 Å². The Hall–Kier alpha value is -1.43. The SMILES string of the molecule is CN(C)C(=O)Cn1cc(F)c2ncc(Br)cc21. The molecule has 1 amide bonds. The normalized spacial score (nSPS) is 10.8. The minimum absolute atomic E-state index is 0.0955. The zero-order chi connectivity index (χ0) is 12.6. The minimum atomic E-state index is -0.418. The van der Waals surface area contributed by atoms with Crippen LogP contribution in [0.5, 0.6) is 0 Å². The molecule has 2 aromatic heterocycles. The maximum absolute atomic E-state index is 13.6. The lowest BCUT2D eigenvalue weighted by molar-refractivity contribution is -0.129. The van der Waals surface area contributed by atoms with Crippen molar-refractivity contribution in [3.05, 3.63) is 28.7 Å². The van der Waals surface area contributed by atoms with Gasteiger partial charge in [0.15, 0.2) is 5.82 Å². The molecule has 90 valence electrons. The summed E-state index contributed by atoms with van der Waals surface area (Å²) in [6, 6.07) is 1.74. The van der Waals surface area contributed by atoms with Gasteiger partial charge in [0.1, 0.15) is 12.1 Å². The summed E-state index contributed by atoms with van der Waals surface area (Å²) in [5.74, 6) is -0.513. The number of amides is 1. The first-order valence-electron chi connectivity index (χ1n) is 4.99. The molecule has 0 spiro atoms. The first-order valence-corrected chi connectivity index (χ1v) is 5.78. The molecule has 17 heavy (non-hydrogen) atoms. The molecule has 4 nitrogen and oxygen atoms in total. The van der Waals surface area contributed by atoms with E-state index in [1.54, 1.807) is 24.7 Å². The number of fused-ring (bicyclic) bond motifs is 1. The van der Waals surface area contributed by atoms with Crippen molar-refractivity contribution in [2.75, 3.05) is 14.1 Å². The van der Waals surface area contributed by atoms with Crippen LogP contribution in [-0.2, 0) is 11.3 Å². The Balaban J connectivity index is 2.47. The van der Waals surface area contributed by atoms with Crippen molar-refractivity contribution in [3.8, 4) is 0 Å². The number of halogens is 2. The van der Waals surface area contributed by atoms with Gasteiger partial charge in [0.05, 0.1) is 5.52 Å². The summed E-state index contributed by atoms with van der Waals surface area (Å²) in [6.07, 6.45) is 2.83. The molecule has 0 unspecified atom stereocenters. The molecule has 0 aliphatic carbocycles. The summed E-state index contributed by atoms with van der Waals surface area (Å²) in [6.45, 7) is 0.103. The van der Waals surface area contributed by atoms with Crippen LogP contribution in [0.2, 0.25) is 0 Å². The Morgan fingerprint density at radius 3 is 2.94 bits per heavy atom. The summed E-state index contributed by atoms with van der Waals surface area (Å²) in [5.41, 5.74) is 0.881. The van der Waals surface area contributed by atoms with E-state index in [0.717, 1.165) is 4.47 Å². The van der Waals surface area contributed by atoms with Crippen molar-refractivity contribution in [2.24, 2.45) is 0 Å². The molecular weight excluding hydrogens is 289 g/mol. The van der Waals surface area contributed by atoms with E-state index >= 15 is 0 Å². The number of rotatable bonds is 2. The Morgan fingerprint density at radius 1 is 1.59 bits per heavy atom. The Labute approximate surface area is 106 Å². The van der Waals surface area contributed by atoms with E-state index in [9.17, 15) is 9.18 Å². The number of carbonyl (C=O) groups excluding carboxylic acids is 1. The van der Waals surface area contributed by atoms with Crippen molar-refractivity contribution in [3.63, 3.8) is 0 Å². The van der Waals surface area contributed by atoms with Crippen LogP contribution in [0.25, 0.3) is 11.0 Å². The average molecular weight is 300 g/mol. The van der Waals surface area contributed by atoms with Gasteiger partial charge < -0.3 is 9.47 Å². The third kappa shape index (κ3) is 2.31. The highest BCUT2D eigenvalue weighted by molar-refractivity contribution is 9.10. The molecule has 0 saturated carbocycles. The Morgan fingerprint density at radius 2 is 2.29 bits per heavy atom. The fourth-order valence-corrected chi connectivity index (χ4v) is 1.84. The van der Waals surface area contributed by atoms with Crippen molar-refractivity contribution < 1.29 is 9.18 Å². The topological polar surface area (TPSA) is 38.1 Å². The second-order valence-corrected chi connectivity index (χ2v) is 4.83. The third-order valence-electron chi connectivity index (χ3n) is 2.44. The number of hydrogen-bond donors (Lipinski definition) is 0. The molecule has 2 rings (SSSR count). The van der Waals surface area contributed by atoms with Gasteiger partial charge in [-0.05, 0) is 22.0 Å². The second-order valence-electron chi connectivity index (χ2n) is 3.91. The molecular formula is C11H11BrFN3O. The standard InChI is InChI=1S/C11H11BrFN3O/c1-15(2)10(17)6-16-5-8(13)11-9(16)3-7(12)4-14-11/h3-5H,6H2,1-2H3. The highest BCUT2D eigenvalue weighted by atomic mass is 79.9. The largest absolute Gasteiger partial charge is 0.347 e. The summed E-state index contributed by atoms with van der Waals surface area (Å²) in [5, 5.41) is 0. The minimum Gasteiger partial charge on any atom is -0.347 e. The maximum Gasteiger partial charge on any atom is 0.241 e. The van der Waals surface area contributed by atoms with Gasteiger partial charge in [-0.1, -0.05) is 0 Å². The van der Waals surface area contributed by atoms with Crippen LogP contribution in [0.3, 0.4) is 0 Å². The number of nitrogens with zero attached hydrogens (tertiary/aromatic N) is 3. The summed E-state index contributed by atoms with van der Waals surface area (Å²) >= 11 is 3.28. The quantitative estimate of drug-likeness (QED) is 0.851. The predicted octanol–water partition coefficient (Wildman–Crippen LogP) is 2.03. The van der Waals surface area contributed by atoms with Crippen molar-refractivity contribution in [1.82, 2.24) is 14.5 Å². The van der Waals surface area contributed by atoms with Crippen LogP contribution in [0.4, 0.5) is 4.39 Å². The number of aromatic nitrogens is 2. The van der Waals surface area contributed by atoms with Gasteiger partial charge in [0, 0.05) is 31.0 Å². The van der Waals surface area contributed by atoms with E-state index in [4.69, 9.17) is 0 Å². The first kappa shape index (κ1) is 12.0. The lowest BCUT2D eigenvalue weighted by Gasteiger charge is -2.11. The summed E-state index contributed by atoms with van der Waals surface area (Å²) in [7, 11) is 3.33. The number of pyridine rings is 1. The number of carbonyl (C=O) groups is 1. The average Bonchev–Trinajstić information content (AvgIpc) is 2.55. The lowest BCUT2D eigenvalue weighted by atomic mass is 10.4. The predicted molar refractivity (Wildman–Crippen MR) is 66.1 cm³/mol. The molecule has 0 aliphatic rings. The van der Waals surface area contributed by atoms with Crippen LogP contribution in [-0.4, -0.2) is 34.5 Å². The van der Waals surface area contributed by atoms with E-state index < -0.39 is 5.82 Å². The molecule has 0 aliphatic heterocycles. The molecule has 0 atom stereocenters. The molecule has 2 heterocycles. The Kier molecular flexibility index (Phi) is 3.15. The molecule has 6 heteroatoms. The smallest absolute Gasteiger partial charge is 0.241 e. The van der Waals surface area contributed by atoms with Crippen molar-refractivity contribution in [2.45, 2.75) is 6.54 Å². The molecule has 0 saturated heterocycles. The van der Waals surface area contributed by atoms with E-state index in [-0.39, 0.29) is 18.0 Å². The van der Waals surface area contributed by atoms with E-state index in [1.165, 1.54) is 17.3 Å². The zero-order valence-corrected chi connectivity index (χ0v) is 11.0. The van der Waals surface area contributed by atoms with Crippen LogP contribution in [0.1, 0.15) is 0 Å². The van der Waals surface area contributed by atoms with Gasteiger partial charge in [0.25, 0.3) is 0 Å². The fourth-order valence-electron chi connectivity index (χ4n) is 1.52. The monoisotopic (exact) mass is 299 g/mol. The van der Waals surface area contributed by atoms with Crippen LogP contribution in [0.15, 0.2) is 22.9 Å². The van der Waals surface area contributed by atoms with Crippen molar-refractivity contribution >= 4 is 32.9 Å². The van der Waals surface area contributed by atoms with Gasteiger partial charge >= 0.3 is 0 Å². The zero-order valence-electron chi connectivity index (χ0n) is 9.44. The fraction of sp³-hybridized carbons (Fsp3) is 0.273. The molecule has 0 radical (unpaired) electrons. The van der Waals surface area contributed by atoms with E-state index in [1.807, 2.05) is 0 Å². The Bertz CT molecular complexity index is 579. The van der Waals surface area contributed by atoms with Crippen LogP contribution in [0, 0.1) is 5.82 Å². The third-order valence-corrected chi connectivity index (χ3v) is 2.88. The van der Waals surface area contributed by atoms with Gasteiger partial charge in [-0.2, -0.15) is 0 Å². The van der Waals surface area contributed by atoms with Crippen molar-refractivity contribution in [1.29, 1.82) is 0 Å². The molecule has 0 fully saturated rings. The van der Waals surface area contributed by atoms with Crippen LogP contribution < -0.4 is 0 Å². The molecule has 0 N–H and O–H groups in total. The first-order chi connectivity index (χ1) is 7.99. The molecule has 0 aromatic carbocycles. The number of likely N-dealkylation sites (N-methyl/N-ethyl adjacent to an activating group) is 1. The highest BCUT2D eigenvalue weighted by Gasteiger charge is 2.13. The second kappa shape index (κ2) is 4.44. The van der Waals surface area contributed by atoms with Gasteiger partial charge in [-0.15, -0.1) is 0 Å².